The minimum atomic E-state index is 0.683. The molecular formula is C7H9NOS. The molecule has 1 aromatic heterocycles. The van der Waals surface area contributed by atoms with Gasteiger partial charge in [0.05, 0.1) is 17.8 Å². The standard InChI is InChI=1S/C7H9NOS/c1-6(10)8-5-7-3-2-4-9-7/h2-4H,5H2,1H3,(H,8,10). The lowest BCUT2D eigenvalue weighted by atomic mass is 10.4. The summed E-state index contributed by atoms with van der Waals surface area (Å²) >= 11 is 4.82. The Labute approximate surface area is 65.2 Å². The number of hydrogen-bond donors (Lipinski definition) is 1. The summed E-state index contributed by atoms with van der Waals surface area (Å²) in [6.45, 7) is 2.53. The second-order valence-electron chi connectivity index (χ2n) is 1.99. The minimum absolute atomic E-state index is 0.683. The van der Waals surface area contributed by atoms with Gasteiger partial charge in [0.1, 0.15) is 5.76 Å². The molecule has 0 spiro atoms. The van der Waals surface area contributed by atoms with Crippen LogP contribution in [0.2, 0.25) is 0 Å². The molecule has 0 aliphatic rings. The van der Waals surface area contributed by atoms with Crippen LogP contribution < -0.4 is 5.32 Å². The Kier molecular flexibility index (Phi) is 2.45. The van der Waals surface area contributed by atoms with E-state index in [9.17, 15) is 0 Å². The first-order chi connectivity index (χ1) is 4.79. The summed E-state index contributed by atoms with van der Waals surface area (Å²) in [6.07, 6.45) is 1.65. The van der Waals surface area contributed by atoms with E-state index in [1.54, 1.807) is 6.26 Å². The van der Waals surface area contributed by atoms with Crippen molar-refractivity contribution in [2.45, 2.75) is 13.5 Å². The Balaban J connectivity index is 2.35. The molecule has 3 heteroatoms. The van der Waals surface area contributed by atoms with E-state index in [2.05, 4.69) is 5.32 Å². The molecule has 1 aromatic rings. The molecule has 0 radical (unpaired) electrons. The van der Waals surface area contributed by atoms with E-state index in [0.717, 1.165) is 10.7 Å². The van der Waals surface area contributed by atoms with Crippen LogP contribution >= 0.6 is 12.2 Å². The highest BCUT2D eigenvalue weighted by Crippen LogP contribution is 1.97. The zero-order chi connectivity index (χ0) is 7.40. The van der Waals surface area contributed by atoms with E-state index in [0.29, 0.717) is 6.54 Å². The van der Waals surface area contributed by atoms with Gasteiger partial charge in [0.15, 0.2) is 0 Å². The van der Waals surface area contributed by atoms with E-state index >= 15 is 0 Å². The number of furan rings is 1. The molecule has 2 nitrogen and oxygen atoms in total. The molecule has 1 rings (SSSR count). The monoisotopic (exact) mass is 155 g/mol. The Morgan fingerprint density at radius 2 is 2.60 bits per heavy atom. The molecule has 1 N–H and O–H groups in total. The smallest absolute Gasteiger partial charge is 0.122 e. The summed E-state index contributed by atoms with van der Waals surface area (Å²) in [7, 11) is 0. The highest BCUT2D eigenvalue weighted by molar-refractivity contribution is 7.80. The fraction of sp³-hybridized carbons (Fsp3) is 0.286. The lowest BCUT2D eigenvalue weighted by Gasteiger charge is -1.98. The molecule has 0 aliphatic carbocycles. The average molecular weight is 155 g/mol. The molecule has 0 aliphatic heterocycles. The van der Waals surface area contributed by atoms with Gasteiger partial charge in [-0.15, -0.1) is 0 Å². The fourth-order valence-corrected chi connectivity index (χ4v) is 0.697. The van der Waals surface area contributed by atoms with Crippen molar-refractivity contribution in [2.24, 2.45) is 0 Å². The molecule has 0 saturated heterocycles. The van der Waals surface area contributed by atoms with Crippen molar-refractivity contribution in [3.05, 3.63) is 24.2 Å². The van der Waals surface area contributed by atoms with Gasteiger partial charge in [0, 0.05) is 0 Å². The normalized spacial score (nSPS) is 9.30. The zero-order valence-electron chi connectivity index (χ0n) is 5.76. The van der Waals surface area contributed by atoms with Gasteiger partial charge in [0.25, 0.3) is 0 Å². The van der Waals surface area contributed by atoms with Crippen molar-refractivity contribution in [1.29, 1.82) is 0 Å². The molecule has 0 bridgehead atoms. The van der Waals surface area contributed by atoms with Crippen LogP contribution in [-0.4, -0.2) is 4.99 Å². The zero-order valence-corrected chi connectivity index (χ0v) is 6.57. The Bertz CT molecular complexity index is 205. The molecule has 0 aromatic carbocycles. The van der Waals surface area contributed by atoms with Crippen molar-refractivity contribution in [1.82, 2.24) is 5.32 Å². The Morgan fingerprint density at radius 3 is 3.10 bits per heavy atom. The summed E-state index contributed by atoms with van der Waals surface area (Å²) in [6, 6.07) is 3.76. The SMILES string of the molecule is CC(=S)NCc1ccco1. The average Bonchev–Trinajstić information content (AvgIpc) is 2.34. The maximum atomic E-state index is 5.06. The molecule has 1 heterocycles. The predicted octanol–water partition coefficient (Wildman–Crippen LogP) is 1.72. The van der Waals surface area contributed by atoms with Crippen LogP contribution in [0.1, 0.15) is 12.7 Å². The molecule has 0 atom stereocenters. The topological polar surface area (TPSA) is 25.2 Å². The molecule has 0 amide bonds. The van der Waals surface area contributed by atoms with Gasteiger partial charge in [-0.25, -0.2) is 0 Å². The maximum absolute atomic E-state index is 5.06. The summed E-state index contributed by atoms with van der Waals surface area (Å²) < 4.78 is 5.06. The second kappa shape index (κ2) is 3.37. The first-order valence-corrected chi connectivity index (χ1v) is 3.46. The lowest BCUT2D eigenvalue weighted by Crippen LogP contribution is -2.16. The Morgan fingerprint density at radius 1 is 1.80 bits per heavy atom. The van der Waals surface area contributed by atoms with E-state index in [-0.39, 0.29) is 0 Å². The summed E-state index contributed by atoms with van der Waals surface area (Å²) in [5, 5.41) is 2.99. The quantitative estimate of drug-likeness (QED) is 0.658. The van der Waals surface area contributed by atoms with Crippen LogP contribution in [0, 0.1) is 0 Å². The van der Waals surface area contributed by atoms with Crippen molar-refractivity contribution in [2.75, 3.05) is 0 Å². The van der Waals surface area contributed by atoms with E-state index in [1.165, 1.54) is 0 Å². The van der Waals surface area contributed by atoms with E-state index < -0.39 is 0 Å². The predicted molar refractivity (Wildman–Crippen MR) is 43.8 cm³/mol. The molecular weight excluding hydrogens is 146 g/mol. The maximum Gasteiger partial charge on any atom is 0.122 e. The highest BCUT2D eigenvalue weighted by atomic mass is 32.1. The van der Waals surface area contributed by atoms with Crippen LogP contribution in [0.3, 0.4) is 0 Å². The van der Waals surface area contributed by atoms with Gasteiger partial charge < -0.3 is 9.73 Å². The largest absolute Gasteiger partial charge is 0.467 e. The third-order valence-electron chi connectivity index (χ3n) is 1.09. The number of nitrogens with one attached hydrogen (secondary N) is 1. The summed E-state index contributed by atoms with van der Waals surface area (Å²) in [4.78, 5) is 0.788. The highest BCUT2D eigenvalue weighted by Gasteiger charge is 1.92. The minimum Gasteiger partial charge on any atom is -0.467 e. The molecule has 54 valence electrons. The first kappa shape index (κ1) is 7.28. The van der Waals surface area contributed by atoms with Crippen LogP contribution in [-0.2, 0) is 6.54 Å². The van der Waals surface area contributed by atoms with Gasteiger partial charge in [-0.3, -0.25) is 0 Å². The lowest BCUT2D eigenvalue weighted by molar-refractivity contribution is 0.503. The third kappa shape index (κ3) is 2.19. The van der Waals surface area contributed by atoms with Gasteiger partial charge in [-0.2, -0.15) is 0 Å². The van der Waals surface area contributed by atoms with Gasteiger partial charge in [0.2, 0.25) is 0 Å². The second-order valence-corrected chi connectivity index (χ2v) is 2.60. The number of rotatable bonds is 2. The van der Waals surface area contributed by atoms with Crippen molar-refractivity contribution in [3.63, 3.8) is 0 Å². The van der Waals surface area contributed by atoms with Crippen LogP contribution in [0.15, 0.2) is 22.8 Å². The van der Waals surface area contributed by atoms with Crippen molar-refractivity contribution < 1.29 is 4.42 Å². The van der Waals surface area contributed by atoms with Gasteiger partial charge in [-0.1, -0.05) is 12.2 Å². The van der Waals surface area contributed by atoms with Gasteiger partial charge in [-0.05, 0) is 19.1 Å². The van der Waals surface area contributed by atoms with Crippen molar-refractivity contribution >= 4 is 17.2 Å². The molecule has 0 fully saturated rings. The summed E-state index contributed by atoms with van der Waals surface area (Å²) in [5.74, 6) is 0.907. The summed E-state index contributed by atoms with van der Waals surface area (Å²) in [5.41, 5.74) is 0. The van der Waals surface area contributed by atoms with Crippen molar-refractivity contribution in [3.8, 4) is 0 Å². The number of thiocarbonyl (C=S) groups is 1. The molecule has 10 heavy (non-hydrogen) atoms. The van der Waals surface area contributed by atoms with Crippen LogP contribution in [0.4, 0.5) is 0 Å². The number of hydrogen-bond acceptors (Lipinski definition) is 2. The Hall–Kier alpha value is -0.830. The third-order valence-corrected chi connectivity index (χ3v) is 1.24. The van der Waals surface area contributed by atoms with Crippen LogP contribution in [0.25, 0.3) is 0 Å². The fourth-order valence-electron chi connectivity index (χ4n) is 0.625. The van der Waals surface area contributed by atoms with E-state index in [4.69, 9.17) is 16.6 Å². The van der Waals surface area contributed by atoms with Gasteiger partial charge >= 0.3 is 0 Å². The van der Waals surface area contributed by atoms with Crippen LogP contribution in [0.5, 0.6) is 0 Å². The molecule has 0 unspecified atom stereocenters. The van der Waals surface area contributed by atoms with E-state index in [1.807, 2.05) is 19.1 Å². The molecule has 0 saturated carbocycles. The first-order valence-electron chi connectivity index (χ1n) is 3.06.